The molecule has 0 aliphatic carbocycles. The Labute approximate surface area is 114 Å². The summed E-state index contributed by atoms with van der Waals surface area (Å²) in [7, 11) is 0. The van der Waals surface area contributed by atoms with Crippen molar-refractivity contribution in [2.75, 3.05) is 18.1 Å². The Morgan fingerprint density at radius 3 is 2.63 bits per heavy atom. The maximum absolute atomic E-state index is 9.00. The Bertz CT molecular complexity index is 444. The fourth-order valence-corrected chi connectivity index (χ4v) is 2.06. The summed E-state index contributed by atoms with van der Waals surface area (Å²) < 4.78 is 0. The van der Waals surface area contributed by atoms with Crippen LogP contribution in [-0.4, -0.2) is 35.3 Å². The van der Waals surface area contributed by atoms with Crippen molar-refractivity contribution in [2.24, 2.45) is 10.9 Å². The van der Waals surface area contributed by atoms with E-state index in [1.165, 1.54) is 0 Å². The van der Waals surface area contributed by atoms with Crippen molar-refractivity contribution in [3.05, 3.63) is 29.3 Å². The molecule has 1 rings (SSSR count). The summed E-state index contributed by atoms with van der Waals surface area (Å²) in [6.45, 7) is 6.99. The average molecular weight is 265 g/mol. The minimum atomic E-state index is 0.105. The van der Waals surface area contributed by atoms with Gasteiger partial charge in [-0.15, -0.1) is 0 Å². The molecule has 19 heavy (non-hydrogen) atoms. The average Bonchev–Trinajstić information content (AvgIpc) is 2.39. The summed E-state index contributed by atoms with van der Waals surface area (Å²) in [5.41, 5.74) is 8.44. The zero-order chi connectivity index (χ0) is 14.4. The second-order valence-electron chi connectivity index (χ2n) is 4.87. The fourth-order valence-electron chi connectivity index (χ4n) is 2.06. The van der Waals surface area contributed by atoms with E-state index >= 15 is 0 Å². The van der Waals surface area contributed by atoms with Gasteiger partial charge in [0.05, 0.1) is 0 Å². The maximum Gasteiger partial charge on any atom is 0.172 e. The molecular weight excluding hydrogens is 242 g/mol. The van der Waals surface area contributed by atoms with Crippen LogP contribution in [0.1, 0.15) is 31.4 Å². The van der Waals surface area contributed by atoms with Crippen LogP contribution in [0, 0.1) is 6.92 Å². The van der Waals surface area contributed by atoms with E-state index in [1.54, 1.807) is 0 Å². The van der Waals surface area contributed by atoms with Crippen LogP contribution in [0.2, 0.25) is 0 Å². The summed E-state index contributed by atoms with van der Waals surface area (Å²) in [4.78, 5) is 2.14. The van der Waals surface area contributed by atoms with Crippen molar-refractivity contribution in [2.45, 2.75) is 33.2 Å². The first-order valence-corrected chi connectivity index (χ1v) is 6.47. The third kappa shape index (κ3) is 3.86. The molecule has 0 atom stereocenters. The van der Waals surface area contributed by atoms with Crippen molar-refractivity contribution < 1.29 is 10.3 Å². The molecule has 0 heterocycles. The number of oxime groups is 1. The molecule has 0 spiro atoms. The lowest BCUT2D eigenvalue weighted by molar-refractivity contribution is 0.288. The third-order valence-corrected chi connectivity index (χ3v) is 3.03. The number of hydrogen-bond donors (Lipinski definition) is 3. The molecule has 0 saturated heterocycles. The second kappa shape index (κ2) is 6.99. The van der Waals surface area contributed by atoms with Crippen LogP contribution >= 0.6 is 0 Å². The first-order chi connectivity index (χ1) is 9.01. The highest BCUT2D eigenvalue weighted by Gasteiger charge is 2.16. The highest BCUT2D eigenvalue weighted by molar-refractivity contribution is 6.02. The number of hydrogen-bond acceptors (Lipinski definition) is 4. The lowest BCUT2D eigenvalue weighted by atomic mass is 10.1. The fraction of sp³-hybridized carbons (Fsp3) is 0.500. The van der Waals surface area contributed by atoms with Crippen LogP contribution < -0.4 is 10.6 Å². The molecule has 0 unspecified atom stereocenters. The van der Waals surface area contributed by atoms with Crippen LogP contribution in [-0.2, 0) is 0 Å². The molecule has 5 heteroatoms. The molecule has 0 aromatic heterocycles. The van der Waals surface area contributed by atoms with E-state index in [0.29, 0.717) is 12.0 Å². The van der Waals surface area contributed by atoms with Gasteiger partial charge in [-0.1, -0.05) is 16.8 Å². The lowest BCUT2D eigenvalue weighted by Crippen LogP contribution is -2.34. The van der Waals surface area contributed by atoms with E-state index in [0.717, 1.165) is 17.8 Å². The summed E-state index contributed by atoms with van der Waals surface area (Å²) >= 11 is 0. The molecule has 0 aliphatic heterocycles. The van der Waals surface area contributed by atoms with Crippen molar-refractivity contribution in [3.8, 4) is 0 Å². The van der Waals surface area contributed by atoms with Crippen LogP contribution in [0.3, 0.4) is 0 Å². The monoisotopic (exact) mass is 265 g/mol. The zero-order valence-electron chi connectivity index (χ0n) is 11.8. The minimum absolute atomic E-state index is 0.105. The van der Waals surface area contributed by atoms with Gasteiger partial charge in [0.1, 0.15) is 0 Å². The highest BCUT2D eigenvalue weighted by atomic mass is 16.4. The van der Waals surface area contributed by atoms with Crippen LogP contribution in [0.4, 0.5) is 5.69 Å². The molecule has 5 nitrogen and oxygen atoms in total. The predicted molar refractivity (Wildman–Crippen MR) is 77.9 cm³/mol. The van der Waals surface area contributed by atoms with E-state index < -0.39 is 0 Å². The number of aliphatic hydroxyl groups is 1. The molecular formula is C14H23N3O2. The first-order valence-electron chi connectivity index (χ1n) is 6.47. The first kappa shape index (κ1) is 15.3. The molecule has 0 radical (unpaired) electrons. The Hall–Kier alpha value is -1.75. The Kier molecular flexibility index (Phi) is 5.63. The van der Waals surface area contributed by atoms with Gasteiger partial charge in [0.2, 0.25) is 0 Å². The molecule has 106 valence electrons. The Morgan fingerprint density at radius 1 is 1.42 bits per heavy atom. The topological polar surface area (TPSA) is 82.1 Å². The number of amidine groups is 1. The van der Waals surface area contributed by atoms with Crippen LogP contribution in [0.25, 0.3) is 0 Å². The number of aliphatic hydroxyl groups excluding tert-OH is 1. The maximum atomic E-state index is 9.00. The van der Waals surface area contributed by atoms with Crippen molar-refractivity contribution in [1.29, 1.82) is 0 Å². The summed E-state index contributed by atoms with van der Waals surface area (Å²) in [5.74, 6) is 0.105. The SMILES string of the molecule is Cc1ccc(N(CCCO)C(C)C)c(/C(N)=N/O)c1. The quantitative estimate of drug-likeness (QED) is 0.316. The van der Waals surface area contributed by atoms with Gasteiger partial charge in [0.25, 0.3) is 0 Å². The molecule has 1 aromatic rings. The lowest BCUT2D eigenvalue weighted by Gasteiger charge is -2.30. The number of aryl methyl sites for hydroxylation is 1. The van der Waals surface area contributed by atoms with E-state index in [4.69, 9.17) is 16.0 Å². The number of benzene rings is 1. The Balaban J connectivity index is 3.21. The van der Waals surface area contributed by atoms with Gasteiger partial charge < -0.3 is 20.9 Å². The van der Waals surface area contributed by atoms with Gasteiger partial charge in [0.15, 0.2) is 5.84 Å². The zero-order valence-corrected chi connectivity index (χ0v) is 11.8. The van der Waals surface area contributed by atoms with E-state index in [1.807, 2.05) is 25.1 Å². The number of anilines is 1. The smallest absolute Gasteiger partial charge is 0.172 e. The molecule has 0 aliphatic rings. The van der Waals surface area contributed by atoms with Gasteiger partial charge >= 0.3 is 0 Å². The number of nitrogens with zero attached hydrogens (tertiary/aromatic N) is 2. The number of rotatable bonds is 6. The standard InChI is InChI=1S/C14H23N3O2/c1-10(2)17(7-4-8-18)13-6-5-11(3)9-12(13)14(15)16-19/h5-6,9-10,18-19H,4,7-8H2,1-3H3,(H2,15,16). The third-order valence-electron chi connectivity index (χ3n) is 3.03. The molecule has 0 amide bonds. The van der Waals surface area contributed by atoms with Crippen LogP contribution in [0.15, 0.2) is 23.4 Å². The van der Waals surface area contributed by atoms with Crippen molar-refractivity contribution >= 4 is 11.5 Å². The summed E-state index contributed by atoms with van der Waals surface area (Å²) in [6.07, 6.45) is 0.682. The van der Waals surface area contributed by atoms with E-state index in [-0.39, 0.29) is 18.5 Å². The normalized spacial score (nSPS) is 11.9. The number of nitrogens with two attached hydrogens (primary N) is 1. The predicted octanol–water partition coefficient (Wildman–Crippen LogP) is 1.69. The molecule has 0 fully saturated rings. The van der Waals surface area contributed by atoms with Crippen LogP contribution in [0.5, 0.6) is 0 Å². The Morgan fingerprint density at radius 2 is 2.11 bits per heavy atom. The summed E-state index contributed by atoms with van der Waals surface area (Å²) in [5, 5.41) is 21.0. The van der Waals surface area contributed by atoms with Gasteiger partial charge in [-0.05, 0) is 39.3 Å². The van der Waals surface area contributed by atoms with Gasteiger partial charge in [-0.2, -0.15) is 0 Å². The van der Waals surface area contributed by atoms with Crippen molar-refractivity contribution in [3.63, 3.8) is 0 Å². The van der Waals surface area contributed by atoms with E-state index in [2.05, 4.69) is 23.9 Å². The van der Waals surface area contributed by atoms with Gasteiger partial charge in [-0.3, -0.25) is 0 Å². The van der Waals surface area contributed by atoms with Crippen molar-refractivity contribution in [1.82, 2.24) is 0 Å². The molecule has 0 saturated carbocycles. The minimum Gasteiger partial charge on any atom is -0.409 e. The van der Waals surface area contributed by atoms with Gasteiger partial charge in [0, 0.05) is 30.4 Å². The molecule has 0 bridgehead atoms. The molecule has 1 aromatic carbocycles. The van der Waals surface area contributed by atoms with E-state index in [9.17, 15) is 0 Å². The largest absolute Gasteiger partial charge is 0.409 e. The summed E-state index contributed by atoms with van der Waals surface area (Å²) in [6, 6.07) is 6.14. The molecule has 4 N–H and O–H groups in total. The van der Waals surface area contributed by atoms with Gasteiger partial charge in [-0.25, -0.2) is 0 Å². The second-order valence-corrected chi connectivity index (χ2v) is 4.87. The highest BCUT2D eigenvalue weighted by Crippen LogP contribution is 2.24.